The van der Waals surface area contributed by atoms with Crippen molar-refractivity contribution in [2.24, 2.45) is 5.73 Å². The van der Waals surface area contributed by atoms with Gasteiger partial charge in [-0.15, -0.1) is 11.3 Å². The van der Waals surface area contributed by atoms with E-state index >= 15 is 0 Å². The van der Waals surface area contributed by atoms with Gasteiger partial charge in [0.1, 0.15) is 5.01 Å². The number of nitrogens with zero attached hydrogens (tertiary/aromatic N) is 1. The molecule has 0 saturated carbocycles. The van der Waals surface area contributed by atoms with Crippen LogP contribution in [0.2, 0.25) is 5.02 Å². The van der Waals surface area contributed by atoms with Crippen LogP contribution in [0.25, 0.3) is 11.3 Å². The molecule has 0 saturated heterocycles. The van der Waals surface area contributed by atoms with Crippen LogP contribution < -0.4 is 11.1 Å². The first-order valence-electron chi connectivity index (χ1n) is 6.67. The fourth-order valence-corrected chi connectivity index (χ4v) is 2.96. The lowest BCUT2D eigenvalue weighted by molar-refractivity contribution is -0.122. The summed E-state index contributed by atoms with van der Waals surface area (Å²) in [7, 11) is 0. The first-order valence-corrected chi connectivity index (χ1v) is 7.87. The number of benzene rings is 1. The van der Waals surface area contributed by atoms with E-state index in [1.165, 1.54) is 0 Å². The average molecular weight is 324 g/mol. The number of hydrogen-bond acceptors (Lipinski definition) is 4. The van der Waals surface area contributed by atoms with E-state index < -0.39 is 6.04 Å². The molecule has 0 spiro atoms. The first kappa shape index (κ1) is 15.9. The molecule has 4 nitrogen and oxygen atoms in total. The van der Waals surface area contributed by atoms with E-state index in [1.807, 2.05) is 38.1 Å². The summed E-state index contributed by atoms with van der Waals surface area (Å²) in [6, 6.07) is 6.89. The van der Waals surface area contributed by atoms with Crippen molar-refractivity contribution in [3.8, 4) is 11.3 Å². The van der Waals surface area contributed by atoms with Crippen LogP contribution in [0, 0.1) is 6.92 Å². The molecule has 0 radical (unpaired) electrons. The average Bonchev–Trinajstić information content (AvgIpc) is 2.81. The number of rotatable bonds is 4. The number of aryl methyl sites for hydroxylation is 1. The van der Waals surface area contributed by atoms with Gasteiger partial charge in [-0.05, 0) is 32.9 Å². The summed E-state index contributed by atoms with van der Waals surface area (Å²) in [5.41, 5.74) is 7.50. The second kappa shape index (κ2) is 6.56. The van der Waals surface area contributed by atoms with Crippen molar-refractivity contribution in [3.05, 3.63) is 39.2 Å². The van der Waals surface area contributed by atoms with Crippen LogP contribution in [0.3, 0.4) is 0 Å². The molecule has 2 atom stereocenters. The van der Waals surface area contributed by atoms with Crippen molar-refractivity contribution in [2.45, 2.75) is 32.9 Å². The predicted octanol–water partition coefficient (Wildman–Crippen LogP) is 3.30. The van der Waals surface area contributed by atoms with Gasteiger partial charge in [0.25, 0.3) is 0 Å². The quantitative estimate of drug-likeness (QED) is 0.907. The Hall–Kier alpha value is -1.43. The van der Waals surface area contributed by atoms with Crippen LogP contribution in [-0.2, 0) is 4.79 Å². The summed E-state index contributed by atoms with van der Waals surface area (Å²) in [6.45, 7) is 5.59. The van der Waals surface area contributed by atoms with Crippen LogP contribution in [-0.4, -0.2) is 16.9 Å². The molecular weight excluding hydrogens is 306 g/mol. The van der Waals surface area contributed by atoms with Gasteiger partial charge in [-0.25, -0.2) is 4.98 Å². The monoisotopic (exact) mass is 323 g/mol. The van der Waals surface area contributed by atoms with Gasteiger partial charge in [0, 0.05) is 15.5 Å². The fourth-order valence-electron chi connectivity index (χ4n) is 1.88. The molecule has 112 valence electrons. The third-order valence-electron chi connectivity index (χ3n) is 3.07. The maximum absolute atomic E-state index is 11.7. The fraction of sp³-hybridized carbons (Fsp3) is 0.333. The van der Waals surface area contributed by atoms with Crippen molar-refractivity contribution in [1.29, 1.82) is 0 Å². The molecule has 0 bridgehead atoms. The Morgan fingerprint density at radius 3 is 2.52 bits per heavy atom. The van der Waals surface area contributed by atoms with E-state index in [2.05, 4.69) is 10.3 Å². The van der Waals surface area contributed by atoms with Crippen LogP contribution >= 0.6 is 22.9 Å². The smallest absolute Gasteiger partial charge is 0.237 e. The molecule has 1 unspecified atom stereocenters. The zero-order valence-corrected chi connectivity index (χ0v) is 13.8. The van der Waals surface area contributed by atoms with Crippen molar-refractivity contribution in [3.63, 3.8) is 0 Å². The van der Waals surface area contributed by atoms with Crippen molar-refractivity contribution in [1.82, 2.24) is 10.3 Å². The Morgan fingerprint density at radius 1 is 1.33 bits per heavy atom. The second-order valence-electron chi connectivity index (χ2n) is 4.98. The lowest BCUT2D eigenvalue weighted by atomic mass is 10.1. The van der Waals surface area contributed by atoms with Gasteiger partial charge in [0.15, 0.2) is 0 Å². The maximum atomic E-state index is 11.7. The number of hydrogen-bond donors (Lipinski definition) is 2. The maximum Gasteiger partial charge on any atom is 0.237 e. The van der Waals surface area contributed by atoms with Gasteiger partial charge < -0.3 is 11.1 Å². The van der Waals surface area contributed by atoms with Gasteiger partial charge >= 0.3 is 0 Å². The minimum atomic E-state index is -0.524. The number of carbonyl (C=O) groups is 1. The third-order valence-corrected chi connectivity index (χ3v) is 4.48. The van der Waals surface area contributed by atoms with Gasteiger partial charge in [0.05, 0.1) is 17.8 Å². The molecule has 2 aromatic rings. The highest BCUT2D eigenvalue weighted by molar-refractivity contribution is 7.12. The van der Waals surface area contributed by atoms with Gasteiger partial charge in [-0.1, -0.05) is 23.7 Å². The molecule has 3 N–H and O–H groups in total. The summed E-state index contributed by atoms with van der Waals surface area (Å²) in [5.74, 6) is -0.177. The summed E-state index contributed by atoms with van der Waals surface area (Å²) < 4.78 is 0. The first-order chi connectivity index (χ1) is 9.88. The number of nitrogens with two attached hydrogens (primary N) is 1. The van der Waals surface area contributed by atoms with Gasteiger partial charge in [0.2, 0.25) is 5.91 Å². The zero-order chi connectivity index (χ0) is 15.6. The molecule has 2 rings (SSSR count). The largest absolute Gasteiger partial charge is 0.346 e. The van der Waals surface area contributed by atoms with Crippen molar-refractivity contribution >= 4 is 28.8 Å². The molecule has 1 heterocycles. The Morgan fingerprint density at radius 2 is 1.95 bits per heavy atom. The highest BCUT2D eigenvalue weighted by Gasteiger charge is 2.18. The number of amides is 1. The molecule has 0 aliphatic heterocycles. The molecule has 0 aliphatic rings. The normalized spacial score (nSPS) is 13.8. The molecule has 1 amide bonds. The van der Waals surface area contributed by atoms with E-state index in [4.69, 9.17) is 17.3 Å². The Balaban J connectivity index is 2.22. The standard InChI is InChI=1S/C15H18ClN3OS/c1-8(17)14(20)18-9(2)15-19-13(10(3)21-15)11-4-6-12(16)7-5-11/h4-9H,17H2,1-3H3,(H,18,20)/t8-,9?/m0/s1. The lowest BCUT2D eigenvalue weighted by Crippen LogP contribution is -2.39. The Labute approximate surface area is 133 Å². The molecule has 1 aromatic heterocycles. The third kappa shape index (κ3) is 3.81. The predicted molar refractivity (Wildman–Crippen MR) is 87.5 cm³/mol. The minimum absolute atomic E-state index is 0.159. The van der Waals surface area contributed by atoms with E-state index in [0.717, 1.165) is 21.1 Å². The van der Waals surface area contributed by atoms with Gasteiger partial charge in [-0.3, -0.25) is 4.79 Å². The Bertz CT molecular complexity index is 637. The number of halogens is 1. The summed E-state index contributed by atoms with van der Waals surface area (Å²) >= 11 is 7.48. The van der Waals surface area contributed by atoms with Crippen LogP contribution in [0.15, 0.2) is 24.3 Å². The highest BCUT2D eigenvalue weighted by atomic mass is 35.5. The zero-order valence-electron chi connectivity index (χ0n) is 12.2. The van der Waals surface area contributed by atoms with E-state index in [1.54, 1.807) is 18.3 Å². The van der Waals surface area contributed by atoms with Crippen LogP contribution in [0.4, 0.5) is 0 Å². The summed E-state index contributed by atoms with van der Waals surface area (Å²) in [4.78, 5) is 17.4. The van der Waals surface area contributed by atoms with E-state index in [9.17, 15) is 4.79 Å². The highest BCUT2D eigenvalue weighted by Crippen LogP contribution is 2.31. The van der Waals surface area contributed by atoms with Crippen molar-refractivity contribution < 1.29 is 4.79 Å². The summed E-state index contributed by atoms with van der Waals surface area (Å²) in [5, 5.41) is 4.43. The number of aromatic nitrogens is 1. The molecule has 1 aromatic carbocycles. The molecule has 6 heteroatoms. The molecular formula is C15H18ClN3OS. The SMILES string of the molecule is Cc1sc(C(C)NC(=O)[C@H](C)N)nc1-c1ccc(Cl)cc1. The number of carbonyl (C=O) groups excluding carboxylic acids is 1. The Kier molecular flexibility index (Phi) is 4.98. The molecule has 21 heavy (non-hydrogen) atoms. The molecule has 0 fully saturated rings. The minimum Gasteiger partial charge on any atom is -0.346 e. The van der Waals surface area contributed by atoms with Crippen molar-refractivity contribution in [2.75, 3.05) is 0 Å². The topological polar surface area (TPSA) is 68.0 Å². The second-order valence-corrected chi connectivity index (χ2v) is 6.65. The lowest BCUT2D eigenvalue weighted by Gasteiger charge is -2.12. The van der Waals surface area contributed by atoms with E-state index in [0.29, 0.717) is 5.02 Å². The van der Waals surface area contributed by atoms with Crippen LogP contribution in [0.1, 0.15) is 29.8 Å². The summed E-state index contributed by atoms with van der Waals surface area (Å²) in [6.07, 6.45) is 0. The van der Waals surface area contributed by atoms with Gasteiger partial charge in [-0.2, -0.15) is 0 Å². The van der Waals surface area contributed by atoms with Crippen LogP contribution in [0.5, 0.6) is 0 Å². The number of nitrogens with one attached hydrogen (secondary N) is 1. The molecule has 0 aliphatic carbocycles. The number of thiazole rings is 1. The van der Waals surface area contributed by atoms with E-state index in [-0.39, 0.29) is 11.9 Å².